The smallest absolute Gasteiger partial charge is 0.264 e. The van der Waals surface area contributed by atoms with Crippen molar-refractivity contribution in [3.05, 3.63) is 94.0 Å². The number of amides is 2. The summed E-state index contributed by atoms with van der Waals surface area (Å²) in [5, 5.41) is 3.54. The van der Waals surface area contributed by atoms with Crippen LogP contribution < -0.4 is 9.62 Å². The highest BCUT2D eigenvalue weighted by molar-refractivity contribution is 7.92. The third-order valence-electron chi connectivity index (χ3n) is 6.20. The van der Waals surface area contributed by atoms with Crippen molar-refractivity contribution in [1.29, 1.82) is 0 Å². The zero-order valence-electron chi connectivity index (χ0n) is 22.2. The van der Waals surface area contributed by atoms with Gasteiger partial charge in [0, 0.05) is 13.1 Å². The van der Waals surface area contributed by atoms with E-state index in [-0.39, 0.29) is 17.3 Å². The number of hydrogen-bond acceptors (Lipinski definition) is 4. The van der Waals surface area contributed by atoms with E-state index in [0.29, 0.717) is 34.3 Å². The Morgan fingerprint density at radius 2 is 1.59 bits per heavy atom. The molecule has 0 aromatic heterocycles. The van der Waals surface area contributed by atoms with E-state index in [9.17, 15) is 18.0 Å². The van der Waals surface area contributed by atoms with E-state index in [1.807, 2.05) is 20.8 Å². The number of rotatable bonds is 12. The normalized spacial score (nSPS) is 12.0. The van der Waals surface area contributed by atoms with Gasteiger partial charge in [0.2, 0.25) is 11.8 Å². The first-order valence-electron chi connectivity index (χ1n) is 12.7. The average Bonchev–Trinajstić information content (AvgIpc) is 2.93. The molecule has 0 heterocycles. The number of anilines is 1. The quantitative estimate of drug-likeness (QED) is 0.288. The Kier molecular flexibility index (Phi) is 10.8. The molecule has 0 saturated carbocycles. The third kappa shape index (κ3) is 7.75. The minimum atomic E-state index is -4.10. The third-order valence-corrected chi connectivity index (χ3v) is 8.73. The monoisotopic (exact) mass is 589 g/mol. The van der Waals surface area contributed by atoms with Crippen LogP contribution in [0.25, 0.3) is 0 Å². The van der Waals surface area contributed by atoms with E-state index in [2.05, 4.69) is 5.32 Å². The minimum Gasteiger partial charge on any atom is -0.354 e. The van der Waals surface area contributed by atoms with Gasteiger partial charge in [-0.25, -0.2) is 8.42 Å². The lowest BCUT2D eigenvalue weighted by atomic mass is 10.1. The SMILES string of the molecule is CCCNC(=O)C(CC)N(Cc1ccc(Cl)c(Cl)c1)C(=O)CN(c1ccc(C)cc1)S(=O)(=O)c1ccccc1. The first-order valence-corrected chi connectivity index (χ1v) is 14.9. The number of nitrogens with one attached hydrogen (secondary N) is 1. The van der Waals surface area contributed by atoms with Crippen molar-refractivity contribution in [2.75, 3.05) is 17.4 Å². The standard InChI is InChI=1S/C29H33Cl2N3O4S/c1-4-17-32-29(36)27(5-2)33(19-22-13-16-25(30)26(31)18-22)28(35)20-34(23-14-11-21(3)12-15-23)39(37,38)24-9-7-6-8-10-24/h6-16,18,27H,4-5,17,19-20H2,1-3H3,(H,32,36). The number of nitrogens with zero attached hydrogens (tertiary/aromatic N) is 2. The number of benzene rings is 3. The Balaban J connectivity index is 2.04. The average molecular weight is 591 g/mol. The van der Waals surface area contributed by atoms with E-state index in [0.717, 1.165) is 16.3 Å². The molecule has 39 heavy (non-hydrogen) atoms. The Morgan fingerprint density at radius 3 is 2.18 bits per heavy atom. The highest BCUT2D eigenvalue weighted by Gasteiger charge is 2.33. The van der Waals surface area contributed by atoms with Gasteiger partial charge < -0.3 is 10.2 Å². The second kappa shape index (κ2) is 13.8. The molecule has 0 aliphatic carbocycles. The molecule has 0 saturated heterocycles. The van der Waals surface area contributed by atoms with E-state index >= 15 is 0 Å². The number of carbonyl (C=O) groups is 2. The summed E-state index contributed by atoms with van der Waals surface area (Å²) in [6.45, 7) is 5.64. The lowest BCUT2D eigenvalue weighted by Gasteiger charge is -2.33. The number of hydrogen-bond donors (Lipinski definition) is 1. The fraction of sp³-hybridized carbons (Fsp3) is 0.310. The van der Waals surface area contributed by atoms with Crippen molar-refractivity contribution in [1.82, 2.24) is 10.2 Å². The van der Waals surface area contributed by atoms with E-state index in [1.165, 1.54) is 17.0 Å². The molecule has 2 amide bonds. The largest absolute Gasteiger partial charge is 0.354 e. The molecule has 0 spiro atoms. The van der Waals surface area contributed by atoms with Crippen LogP contribution in [0.15, 0.2) is 77.7 Å². The first-order chi connectivity index (χ1) is 18.6. The second-order valence-corrected chi connectivity index (χ2v) is 11.8. The molecule has 3 aromatic rings. The molecule has 1 N–H and O–H groups in total. The summed E-state index contributed by atoms with van der Waals surface area (Å²) >= 11 is 12.3. The Hall–Kier alpha value is -3.07. The minimum absolute atomic E-state index is 0.0426. The van der Waals surface area contributed by atoms with E-state index in [1.54, 1.807) is 60.7 Å². The fourth-order valence-corrected chi connectivity index (χ4v) is 5.84. The van der Waals surface area contributed by atoms with Crippen LogP contribution in [0.1, 0.15) is 37.8 Å². The van der Waals surface area contributed by atoms with Crippen LogP contribution in [0.4, 0.5) is 5.69 Å². The zero-order chi connectivity index (χ0) is 28.6. The topological polar surface area (TPSA) is 86.8 Å². The molecule has 1 unspecified atom stereocenters. The van der Waals surface area contributed by atoms with Gasteiger partial charge in [0.05, 0.1) is 20.6 Å². The molecular formula is C29H33Cl2N3O4S. The molecule has 1 atom stereocenters. The van der Waals surface area contributed by atoms with Crippen molar-refractivity contribution < 1.29 is 18.0 Å². The van der Waals surface area contributed by atoms with Gasteiger partial charge in [0.25, 0.3) is 10.0 Å². The van der Waals surface area contributed by atoms with Crippen LogP contribution in [0.2, 0.25) is 10.0 Å². The number of sulfonamides is 1. The molecule has 0 fully saturated rings. The highest BCUT2D eigenvalue weighted by atomic mass is 35.5. The summed E-state index contributed by atoms with van der Waals surface area (Å²) < 4.78 is 28.6. The van der Waals surface area contributed by atoms with Gasteiger partial charge in [0.1, 0.15) is 12.6 Å². The van der Waals surface area contributed by atoms with Crippen LogP contribution in [-0.2, 0) is 26.2 Å². The molecule has 0 radical (unpaired) electrons. The molecule has 0 aliphatic heterocycles. The summed E-state index contributed by atoms with van der Waals surface area (Å²) in [5.41, 5.74) is 1.95. The second-order valence-electron chi connectivity index (χ2n) is 9.15. The Bertz CT molecular complexity index is 1380. The maximum atomic E-state index is 14.0. The van der Waals surface area contributed by atoms with Crippen molar-refractivity contribution in [3.63, 3.8) is 0 Å². The number of aryl methyl sites for hydroxylation is 1. The van der Waals surface area contributed by atoms with Gasteiger partial charge in [-0.05, 0) is 61.7 Å². The summed E-state index contributed by atoms with van der Waals surface area (Å²) in [6, 6.07) is 19.0. The van der Waals surface area contributed by atoms with Gasteiger partial charge in [-0.2, -0.15) is 0 Å². The van der Waals surface area contributed by atoms with Gasteiger partial charge in [-0.1, -0.05) is 79.0 Å². The Morgan fingerprint density at radius 1 is 0.923 bits per heavy atom. The molecule has 0 aliphatic rings. The molecule has 3 rings (SSSR count). The summed E-state index contributed by atoms with van der Waals surface area (Å²) in [4.78, 5) is 28.6. The lowest BCUT2D eigenvalue weighted by molar-refractivity contribution is -0.140. The summed E-state index contributed by atoms with van der Waals surface area (Å²) in [5.74, 6) is -0.833. The van der Waals surface area contributed by atoms with Crippen LogP contribution in [0.3, 0.4) is 0 Å². The van der Waals surface area contributed by atoms with E-state index in [4.69, 9.17) is 23.2 Å². The summed E-state index contributed by atoms with van der Waals surface area (Å²) in [7, 11) is -4.10. The van der Waals surface area contributed by atoms with Crippen molar-refractivity contribution in [2.24, 2.45) is 0 Å². The molecule has 3 aromatic carbocycles. The van der Waals surface area contributed by atoms with Gasteiger partial charge >= 0.3 is 0 Å². The van der Waals surface area contributed by atoms with Crippen molar-refractivity contribution >= 4 is 50.7 Å². The van der Waals surface area contributed by atoms with Crippen molar-refractivity contribution in [3.8, 4) is 0 Å². The van der Waals surface area contributed by atoms with Crippen LogP contribution in [-0.4, -0.2) is 44.3 Å². The van der Waals surface area contributed by atoms with Crippen LogP contribution in [0, 0.1) is 6.92 Å². The van der Waals surface area contributed by atoms with Gasteiger partial charge in [0.15, 0.2) is 0 Å². The number of halogens is 2. The number of carbonyl (C=O) groups excluding carboxylic acids is 2. The predicted octanol–water partition coefficient (Wildman–Crippen LogP) is 5.83. The maximum Gasteiger partial charge on any atom is 0.264 e. The first kappa shape index (κ1) is 30.5. The molecule has 208 valence electrons. The maximum absolute atomic E-state index is 14.0. The zero-order valence-corrected chi connectivity index (χ0v) is 24.6. The molecular weight excluding hydrogens is 557 g/mol. The summed E-state index contributed by atoms with van der Waals surface area (Å²) in [6.07, 6.45) is 1.07. The Labute approximate surface area is 240 Å². The van der Waals surface area contributed by atoms with Crippen molar-refractivity contribution in [2.45, 2.75) is 51.1 Å². The van der Waals surface area contributed by atoms with Crippen LogP contribution in [0.5, 0.6) is 0 Å². The van der Waals surface area contributed by atoms with E-state index < -0.39 is 28.5 Å². The molecule has 0 bridgehead atoms. The fourth-order valence-electron chi connectivity index (χ4n) is 4.08. The molecule has 7 nitrogen and oxygen atoms in total. The molecule has 10 heteroatoms. The van der Waals surface area contributed by atoms with Gasteiger partial charge in [-0.3, -0.25) is 13.9 Å². The van der Waals surface area contributed by atoms with Crippen LogP contribution >= 0.6 is 23.2 Å². The lowest BCUT2D eigenvalue weighted by Crippen LogP contribution is -2.52. The predicted molar refractivity (Wildman–Crippen MR) is 157 cm³/mol. The van der Waals surface area contributed by atoms with Gasteiger partial charge in [-0.15, -0.1) is 0 Å². The highest BCUT2D eigenvalue weighted by Crippen LogP contribution is 2.27.